The molecule has 0 aliphatic carbocycles. The predicted molar refractivity (Wildman–Crippen MR) is 67.1 cm³/mol. The van der Waals surface area contributed by atoms with E-state index in [1.54, 1.807) is 7.11 Å². The van der Waals surface area contributed by atoms with Crippen molar-refractivity contribution in [3.8, 4) is 0 Å². The third-order valence-corrected chi connectivity index (χ3v) is 5.20. The standard InChI is InChI=1S/C8H17NO2S2Si/c1-11-14-4-2-3-9-8(10)13-6-7-5-12-7/h7H,2-6,14H2,1H3,(H,9,10). The van der Waals surface area contributed by atoms with Crippen LogP contribution in [0.5, 0.6) is 0 Å². The fourth-order valence-electron chi connectivity index (χ4n) is 0.946. The van der Waals surface area contributed by atoms with Crippen molar-refractivity contribution in [2.45, 2.75) is 17.7 Å². The van der Waals surface area contributed by atoms with Gasteiger partial charge in [-0.25, -0.2) is 0 Å². The lowest BCUT2D eigenvalue weighted by molar-refractivity contribution is 0.260. The first-order valence-electron chi connectivity index (χ1n) is 4.84. The zero-order valence-corrected chi connectivity index (χ0v) is 11.5. The van der Waals surface area contributed by atoms with Crippen molar-refractivity contribution in [2.75, 3.05) is 25.2 Å². The average Bonchev–Trinajstić information content (AvgIpc) is 2.98. The maximum absolute atomic E-state index is 11.2. The van der Waals surface area contributed by atoms with Gasteiger partial charge in [0.2, 0.25) is 0 Å². The van der Waals surface area contributed by atoms with Crippen LogP contribution in [-0.2, 0) is 4.43 Å². The Hall–Kier alpha value is 0.347. The number of hydrogen-bond acceptors (Lipinski definition) is 4. The molecule has 1 unspecified atom stereocenters. The normalized spacial score (nSPS) is 20.2. The fraction of sp³-hybridized carbons (Fsp3) is 0.875. The van der Waals surface area contributed by atoms with Crippen LogP contribution in [0.25, 0.3) is 0 Å². The van der Waals surface area contributed by atoms with Gasteiger partial charge in [0, 0.05) is 30.4 Å². The highest BCUT2D eigenvalue weighted by atomic mass is 32.2. The molecule has 1 saturated heterocycles. The first kappa shape index (κ1) is 12.4. The van der Waals surface area contributed by atoms with Crippen LogP contribution in [0.1, 0.15) is 6.42 Å². The van der Waals surface area contributed by atoms with Gasteiger partial charge in [0.25, 0.3) is 5.24 Å². The number of hydrogen-bond donors (Lipinski definition) is 1. The second-order valence-electron chi connectivity index (χ2n) is 3.18. The lowest BCUT2D eigenvalue weighted by atomic mass is 10.5. The summed E-state index contributed by atoms with van der Waals surface area (Å²) in [7, 11) is 1.46. The molecule has 0 aromatic carbocycles. The molecule has 0 saturated carbocycles. The van der Waals surface area contributed by atoms with Crippen LogP contribution in [0.15, 0.2) is 0 Å². The lowest BCUT2D eigenvalue weighted by Gasteiger charge is -2.03. The van der Waals surface area contributed by atoms with Gasteiger partial charge in [-0.3, -0.25) is 4.79 Å². The molecule has 6 heteroatoms. The minimum Gasteiger partial charge on any atom is -0.427 e. The summed E-state index contributed by atoms with van der Waals surface area (Å²) >= 11 is 3.35. The van der Waals surface area contributed by atoms with Crippen molar-refractivity contribution in [1.82, 2.24) is 5.32 Å². The van der Waals surface area contributed by atoms with E-state index in [1.807, 2.05) is 11.8 Å². The van der Waals surface area contributed by atoms with E-state index in [2.05, 4.69) is 5.32 Å². The molecule has 1 amide bonds. The number of nitrogens with one attached hydrogen (secondary N) is 1. The topological polar surface area (TPSA) is 38.3 Å². The molecule has 0 bridgehead atoms. The Bertz CT molecular complexity index is 179. The van der Waals surface area contributed by atoms with Crippen LogP contribution in [0.2, 0.25) is 6.04 Å². The van der Waals surface area contributed by atoms with Crippen molar-refractivity contribution < 1.29 is 9.22 Å². The zero-order chi connectivity index (χ0) is 10.2. The molecule has 0 spiro atoms. The molecule has 1 heterocycles. The monoisotopic (exact) mass is 251 g/mol. The SMILES string of the molecule is CO[SiH2]CCCNC(=O)SCC1CS1. The van der Waals surface area contributed by atoms with E-state index < -0.39 is 0 Å². The Kier molecular flexibility index (Phi) is 6.75. The van der Waals surface area contributed by atoms with Gasteiger partial charge < -0.3 is 9.74 Å². The smallest absolute Gasteiger partial charge is 0.279 e. The Labute approximate surface area is 96.1 Å². The molecule has 0 radical (unpaired) electrons. The van der Waals surface area contributed by atoms with Crippen molar-refractivity contribution in [2.24, 2.45) is 0 Å². The molecular weight excluding hydrogens is 234 g/mol. The Balaban J connectivity index is 1.81. The summed E-state index contributed by atoms with van der Waals surface area (Å²) in [6.45, 7) is 0.806. The van der Waals surface area contributed by atoms with E-state index in [0.717, 1.165) is 30.0 Å². The molecule has 0 aromatic rings. The molecule has 1 N–H and O–H groups in total. The summed E-state index contributed by atoms with van der Waals surface area (Å²) in [5, 5.41) is 3.78. The van der Waals surface area contributed by atoms with Gasteiger partial charge in [0.1, 0.15) is 0 Å². The lowest BCUT2D eigenvalue weighted by Crippen LogP contribution is -2.21. The van der Waals surface area contributed by atoms with Gasteiger partial charge in [-0.2, -0.15) is 11.8 Å². The van der Waals surface area contributed by atoms with E-state index in [4.69, 9.17) is 4.43 Å². The van der Waals surface area contributed by atoms with E-state index in [0.29, 0.717) is 0 Å². The maximum Gasteiger partial charge on any atom is 0.279 e. The summed E-state index contributed by atoms with van der Waals surface area (Å²) in [4.78, 5) is 11.2. The second kappa shape index (κ2) is 7.61. The van der Waals surface area contributed by atoms with Gasteiger partial charge in [-0.05, 0) is 12.5 Å². The van der Waals surface area contributed by atoms with Crippen LogP contribution in [0, 0.1) is 0 Å². The third kappa shape index (κ3) is 6.75. The average molecular weight is 251 g/mol. The largest absolute Gasteiger partial charge is 0.427 e. The molecule has 1 fully saturated rings. The number of rotatable bonds is 7. The molecule has 3 nitrogen and oxygen atoms in total. The van der Waals surface area contributed by atoms with Crippen molar-refractivity contribution >= 4 is 38.5 Å². The van der Waals surface area contributed by atoms with Crippen LogP contribution < -0.4 is 5.32 Å². The van der Waals surface area contributed by atoms with Gasteiger partial charge in [0.15, 0.2) is 9.76 Å². The van der Waals surface area contributed by atoms with E-state index >= 15 is 0 Å². The highest BCUT2D eigenvalue weighted by Crippen LogP contribution is 2.32. The zero-order valence-electron chi connectivity index (χ0n) is 8.45. The molecule has 0 aromatic heterocycles. The molecule has 14 heavy (non-hydrogen) atoms. The Morgan fingerprint density at radius 2 is 2.57 bits per heavy atom. The van der Waals surface area contributed by atoms with Gasteiger partial charge in [-0.1, -0.05) is 11.8 Å². The molecule has 1 aliphatic rings. The minimum atomic E-state index is -0.299. The second-order valence-corrected chi connectivity index (χ2v) is 7.20. The number of carbonyl (C=O) groups is 1. The van der Waals surface area contributed by atoms with E-state index in [-0.39, 0.29) is 15.0 Å². The first-order chi connectivity index (χ1) is 6.83. The number of thioether (sulfide) groups is 2. The molecule has 82 valence electrons. The molecule has 1 rings (SSSR count). The van der Waals surface area contributed by atoms with Crippen molar-refractivity contribution in [1.29, 1.82) is 0 Å². The van der Waals surface area contributed by atoms with E-state index in [9.17, 15) is 4.79 Å². The number of carbonyl (C=O) groups excluding carboxylic acids is 1. The highest BCUT2D eigenvalue weighted by Gasteiger charge is 2.23. The predicted octanol–water partition coefficient (Wildman–Crippen LogP) is 1.08. The molecule has 1 atom stereocenters. The molecule has 1 aliphatic heterocycles. The summed E-state index contributed by atoms with van der Waals surface area (Å²) in [5.74, 6) is 2.21. The van der Waals surface area contributed by atoms with Gasteiger partial charge in [0.05, 0.1) is 0 Å². The highest BCUT2D eigenvalue weighted by molar-refractivity contribution is 8.15. The fourth-order valence-corrected chi connectivity index (χ4v) is 3.34. The number of amides is 1. The summed E-state index contributed by atoms with van der Waals surface area (Å²) in [5.41, 5.74) is 0. The third-order valence-electron chi connectivity index (χ3n) is 1.85. The first-order valence-corrected chi connectivity index (χ1v) is 8.45. The Morgan fingerprint density at radius 3 is 3.21 bits per heavy atom. The molecular formula is C8H17NO2S2Si. The minimum absolute atomic E-state index is 0.136. The van der Waals surface area contributed by atoms with Crippen LogP contribution in [-0.4, -0.2) is 45.4 Å². The summed E-state index contributed by atoms with van der Waals surface area (Å²) < 4.78 is 5.05. The van der Waals surface area contributed by atoms with Crippen LogP contribution in [0.3, 0.4) is 0 Å². The van der Waals surface area contributed by atoms with Gasteiger partial charge >= 0.3 is 0 Å². The van der Waals surface area contributed by atoms with Crippen LogP contribution >= 0.6 is 23.5 Å². The van der Waals surface area contributed by atoms with Crippen molar-refractivity contribution in [3.05, 3.63) is 0 Å². The van der Waals surface area contributed by atoms with Crippen molar-refractivity contribution in [3.63, 3.8) is 0 Å². The summed E-state index contributed by atoms with van der Waals surface area (Å²) in [6.07, 6.45) is 1.06. The summed E-state index contributed by atoms with van der Waals surface area (Å²) in [6, 6.07) is 1.15. The maximum atomic E-state index is 11.2. The van der Waals surface area contributed by atoms with E-state index in [1.165, 1.54) is 17.5 Å². The van der Waals surface area contributed by atoms with Gasteiger partial charge in [-0.15, -0.1) is 0 Å². The van der Waals surface area contributed by atoms with Crippen LogP contribution in [0.4, 0.5) is 4.79 Å². The Morgan fingerprint density at radius 1 is 1.79 bits per heavy atom. The quantitative estimate of drug-likeness (QED) is 0.417.